The third-order valence-electron chi connectivity index (χ3n) is 4.83. The van der Waals surface area contributed by atoms with Crippen LogP contribution in [-0.4, -0.2) is 23.4 Å². The predicted molar refractivity (Wildman–Crippen MR) is 89.2 cm³/mol. The van der Waals surface area contributed by atoms with Crippen molar-refractivity contribution in [2.24, 2.45) is 11.8 Å². The Hall–Kier alpha value is -0.870. The molecule has 0 spiro atoms. The highest BCUT2D eigenvalue weighted by Gasteiger charge is 2.42. The zero-order valence-corrected chi connectivity index (χ0v) is 14.5. The van der Waals surface area contributed by atoms with Gasteiger partial charge in [0, 0.05) is 11.4 Å². The highest BCUT2D eigenvalue weighted by Crippen LogP contribution is 2.32. The van der Waals surface area contributed by atoms with Crippen LogP contribution in [0.25, 0.3) is 0 Å². The molecule has 1 amide bonds. The van der Waals surface area contributed by atoms with E-state index in [0.717, 1.165) is 25.8 Å². The maximum atomic E-state index is 12.8. The van der Waals surface area contributed by atoms with E-state index in [1.54, 1.807) is 11.3 Å². The van der Waals surface area contributed by atoms with E-state index in [1.165, 1.54) is 4.88 Å². The second-order valence-corrected chi connectivity index (χ2v) is 7.10. The average molecular weight is 308 g/mol. The standard InChI is InChI=1S/C17H28N2OS/c1-5-12(4)15-17(20)19(11-13(6-2)7-3)16(18-15)14-9-8-10-21-14/h8-10,12-13,15-16,18H,5-7,11H2,1-4H3. The molecule has 0 aliphatic carbocycles. The van der Waals surface area contributed by atoms with Crippen molar-refractivity contribution in [2.75, 3.05) is 6.54 Å². The number of hydrogen-bond donors (Lipinski definition) is 1. The lowest BCUT2D eigenvalue weighted by Gasteiger charge is -2.27. The normalized spacial score (nSPS) is 24.0. The van der Waals surface area contributed by atoms with Crippen LogP contribution < -0.4 is 5.32 Å². The molecule has 1 aliphatic heterocycles. The Morgan fingerprint density at radius 2 is 2.00 bits per heavy atom. The van der Waals surface area contributed by atoms with Gasteiger partial charge in [-0.25, -0.2) is 0 Å². The van der Waals surface area contributed by atoms with Gasteiger partial charge in [0.1, 0.15) is 6.17 Å². The molecule has 0 radical (unpaired) electrons. The highest BCUT2D eigenvalue weighted by atomic mass is 32.1. The number of thiophene rings is 1. The Kier molecular flexibility index (Phi) is 5.82. The Morgan fingerprint density at radius 3 is 2.52 bits per heavy atom. The van der Waals surface area contributed by atoms with Gasteiger partial charge < -0.3 is 4.90 Å². The SMILES string of the molecule is CCC(CC)CN1C(=O)C(C(C)CC)NC1c1cccs1. The van der Waals surface area contributed by atoms with Crippen LogP contribution in [0.1, 0.15) is 58.0 Å². The second kappa shape index (κ2) is 7.41. The molecular formula is C17H28N2OS. The molecular weight excluding hydrogens is 280 g/mol. The second-order valence-electron chi connectivity index (χ2n) is 6.12. The first-order valence-corrected chi connectivity index (χ1v) is 9.10. The van der Waals surface area contributed by atoms with E-state index in [2.05, 4.69) is 55.4 Å². The molecule has 0 bridgehead atoms. The van der Waals surface area contributed by atoms with Gasteiger partial charge in [-0.1, -0.05) is 53.0 Å². The number of carbonyl (C=O) groups is 1. The first kappa shape index (κ1) is 16.5. The molecule has 0 aromatic carbocycles. The number of carbonyl (C=O) groups excluding carboxylic acids is 1. The van der Waals surface area contributed by atoms with Gasteiger partial charge in [-0.05, 0) is 23.3 Å². The van der Waals surface area contributed by atoms with Crippen LogP contribution in [0.3, 0.4) is 0 Å². The molecule has 1 saturated heterocycles. The summed E-state index contributed by atoms with van der Waals surface area (Å²) >= 11 is 1.73. The summed E-state index contributed by atoms with van der Waals surface area (Å²) in [5.41, 5.74) is 0. The van der Waals surface area contributed by atoms with Crippen LogP contribution in [0.2, 0.25) is 0 Å². The maximum Gasteiger partial charge on any atom is 0.241 e. The molecule has 1 fully saturated rings. The summed E-state index contributed by atoms with van der Waals surface area (Å²) in [7, 11) is 0. The molecule has 1 N–H and O–H groups in total. The van der Waals surface area contributed by atoms with E-state index in [1.807, 2.05) is 0 Å². The lowest BCUT2D eigenvalue weighted by atomic mass is 9.98. The fraction of sp³-hybridized carbons (Fsp3) is 0.706. The summed E-state index contributed by atoms with van der Waals surface area (Å²) < 4.78 is 0. The van der Waals surface area contributed by atoms with Crippen molar-refractivity contribution in [3.63, 3.8) is 0 Å². The maximum absolute atomic E-state index is 12.8. The first-order valence-electron chi connectivity index (χ1n) is 8.22. The van der Waals surface area contributed by atoms with Crippen LogP contribution in [0.5, 0.6) is 0 Å². The van der Waals surface area contributed by atoms with E-state index in [-0.39, 0.29) is 18.1 Å². The van der Waals surface area contributed by atoms with Gasteiger partial charge in [0.05, 0.1) is 6.04 Å². The number of hydrogen-bond acceptors (Lipinski definition) is 3. The fourth-order valence-electron chi connectivity index (χ4n) is 2.98. The number of rotatable bonds is 7. The zero-order valence-electron chi connectivity index (χ0n) is 13.6. The summed E-state index contributed by atoms with van der Waals surface area (Å²) in [4.78, 5) is 16.2. The van der Waals surface area contributed by atoms with Crippen molar-refractivity contribution in [1.29, 1.82) is 0 Å². The van der Waals surface area contributed by atoms with Crippen molar-refractivity contribution in [2.45, 2.75) is 59.2 Å². The molecule has 1 aliphatic rings. The summed E-state index contributed by atoms with van der Waals surface area (Å²) in [5.74, 6) is 1.26. The van der Waals surface area contributed by atoms with Crippen LogP contribution in [0.4, 0.5) is 0 Å². The smallest absolute Gasteiger partial charge is 0.241 e. The topological polar surface area (TPSA) is 32.3 Å². The molecule has 3 unspecified atom stereocenters. The van der Waals surface area contributed by atoms with E-state index in [0.29, 0.717) is 11.8 Å². The van der Waals surface area contributed by atoms with E-state index >= 15 is 0 Å². The van der Waals surface area contributed by atoms with E-state index in [9.17, 15) is 4.79 Å². The molecule has 21 heavy (non-hydrogen) atoms. The lowest BCUT2D eigenvalue weighted by Crippen LogP contribution is -2.37. The summed E-state index contributed by atoms with van der Waals surface area (Å²) in [6.07, 6.45) is 3.35. The van der Waals surface area contributed by atoms with Crippen LogP contribution in [-0.2, 0) is 4.79 Å². The van der Waals surface area contributed by atoms with E-state index in [4.69, 9.17) is 0 Å². The largest absolute Gasteiger partial charge is 0.320 e. The molecule has 1 aromatic heterocycles. The van der Waals surface area contributed by atoms with Gasteiger partial charge in [0.25, 0.3) is 0 Å². The Morgan fingerprint density at radius 1 is 1.29 bits per heavy atom. The Balaban J connectivity index is 2.21. The fourth-order valence-corrected chi connectivity index (χ4v) is 3.78. The zero-order chi connectivity index (χ0) is 15.4. The third-order valence-corrected chi connectivity index (χ3v) is 5.76. The van der Waals surface area contributed by atoms with Crippen molar-refractivity contribution in [3.8, 4) is 0 Å². The molecule has 4 heteroatoms. The molecule has 3 atom stereocenters. The van der Waals surface area contributed by atoms with Gasteiger partial charge >= 0.3 is 0 Å². The molecule has 2 heterocycles. The number of amides is 1. The highest BCUT2D eigenvalue weighted by molar-refractivity contribution is 7.10. The Labute approximate surface area is 132 Å². The summed E-state index contributed by atoms with van der Waals surface area (Å²) in [6.45, 7) is 9.63. The van der Waals surface area contributed by atoms with Crippen molar-refractivity contribution in [1.82, 2.24) is 10.2 Å². The average Bonchev–Trinajstić information content (AvgIpc) is 3.12. The van der Waals surface area contributed by atoms with Gasteiger partial charge in [0.2, 0.25) is 5.91 Å². The third kappa shape index (κ3) is 3.49. The first-order chi connectivity index (χ1) is 10.1. The van der Waals surface area contributed by atoms with Crippen molar-refractivity contribution in [3.05, 3.63) is 22.4 Å². The van der Waals surface area contributed by atoms with Crippen LogP contribution >= 0.6 is 11.3 Å². The molecule has 2 rings (SSSR count). The molecule has 0 saturated carbocycles. The van der Waals surface area contributed by atoms with Crippen LogP contribution in [0, 0.1) is 11.8 Å². The lowest BCUT2D eigenvalue weighted by molar-refractivity contribution is -0.131. The minimum atomic E-state index is -0.0311. The van der Waals surface area contributed by atoms with E-state index < -0.39 is 0 Å². The van der Waals surface area contributed by atoms with Gasteiger partial charge in [-0.2, -0.15) is 0 Å². The Bertz CT molecular complexity index is 442. The number of nitrogens with one attached hydrogen (secondary N) is 1. The minimum Gasteiger partial charge on any atom is -0.320 e. The van der Waals surface area contributed by atoms with Crippen molar-refractivity contribution >= 4 is 17.2 Å². The summed E-state index contributed by atoms with van der Waals surface area (Å²) in [6, 6.07) is 4.17. The van der Waals surface area contributed by atoms with Gasteiger partial charge in [0.15, 0.2) is 0 Å². The quantitative estimate of drug-likeness (QED) is 0.825. The van der Waals surface area contributed by atoms with Crippen LogP contribution in [0.15, 0.2) is 17.5 Å². The van der Waals surface area contributed by atoms with Gasteiger partial charge in [-0.3, -0.25) is 10.1 Å². The molecule has 118 valence electrons. The van der Waals surface area contributed by atoms with Gasteiger partial charge in [-0.15, -0.1) is 11.3 Å². The van der Waals surface area contributed by atoms with Crippen molar-refractivity contribution < 1.29 is 4.79 Å². The minimum absolute atomic E-state index is 0.0311. The number of nitrogens with zero attached hydrogens (tertiary/aromatic N) is 1. The summed E-state index contributed by atoms with van der Waals surface area (Å²) in [5, 5.41) is 5.67. The molecule has 3 nitrogen and oxygen atoms in total. The molecule has 1 aromatic rings. The predicted octanol–water partition coefficient (Wildman–Crippen LogP) is 4.03. The monoisotopic (exact) mass is 308 g/mol.